The Hall–Kier alpha value is -1.40. The molecule has 1 aromatic heterocycles. The third kappa shape index (κ3) is 3.83. The molecule has 94 valence electrons. The van der Waals surface area contributed by atoms with Gasteiger partial charge in [0, 0.05) is 37.9 Å². The molecule has 2 atom stereocenters. The second kappa shape index (κ2) is 5.79. The Kier molecular flexibility index (Phi) is 4.11. The quantitative estimate of drug-likeness (QED) is 0.622. The average molecular weight is 238 g/mol. The molecule has 1 fully saturated rings. The molecule has 1 amide bonds. The molecule has 2 unspecified atom stereocenters. The summed E-state index contributed by atoms with van der Waals surface area (Å²) in [7, 11) is 0. The molecular weight excluding hydrogens is 220 g/mol. The van der Waals surface area contributed by atoms with Crippen LogP contribution < -0.4 is 10.6 Å². The zero-order chi connectivity index (χ0) is 12.1. The van der Waals surface area contributed by atoms with Crippen molar-refractivity contribution in [3.05, 3.63) is 18.5 Å². The van der Waals surface area contributed by atoms with Gasteiger partial charge in [-0.25, -0.2) is 0 Å². The van der Waals surface area contributed by atoms with E-state index in [4.69, 9.17) is 0 Å². The third-order valence-corrected chi connectivity index (χ3v) is 2.86. The Morgan fingerprint density at radius 2 is 2.59 bits per heavy atom. The molecule has 1 aromatic rings. The first kappa shape index (κ1) is 12.1. The van der Waals surface area contributed by atoms with E-state index in [1.807, 2.05) is 12.3 Å². The number of aromatic nitrogens is 2. The van der Waals surface area contributed by atoms with Crippen LogP contribution in [0.5, 0.6) is 0 Å². The lowest BCUT2D eigenvalue weighted by molar-refractivity contribution is -0.122. The molecule has 3 N–H and O–H groups in total. The molecule has 0 aliphatic carbocycles. The Bertz CT molecular complexity index is 342. The number of aliphatic hydroxyl groups is 1. The molecule has 6 heteroatoms. The highest BCUT2D eigenvalue weighted by Crippen LogP contribution is 2.02. The van der Waals surface area contributed by atoms with Gasteiger partial charge in [-0.2, -0.15) is 5.10 Å². The maximum Gasteiger partial charge on any atom is 0.220 e. The molecule has 0 spiro atoms. The van der Waals surface area contributed by atoms with Gasteiger partial charge in [0.1, 0.15) is 0 Å². The van der Waals surface area contributed by atoms with Crippen LogP contribution in [-0.2, 0) is 11.3 Å². The van der Waals surface area contributed by atoms with Gasteiger partial charge in [-0.05, 0) is 12.5 Å². The van der Waals surface area contributed by atoms with Gasteiger partial charge < -0.3 is 15.7 Å². The zero-order valence-electron chi connectivity index (χ0n) is 9.67. The normalized spacial score (nSPS) is 22.2. The largest absolute Gasteiger partial charge is 0.390 e. The van der Waals surface area contributed by atoms with Crippen LogP contribution in [0.25, 0.3) is 0 Å². The van der Waals surface area contributed by atoms with Crippen molar-refractivity contribution in [2.24, 2.45) is 0 Å². The van der Waals surface area contributed by atoms with Crippen LogP contribution in [-0.4, -0.2) is 46.0 Å². The van der Waals surface area contributed by atoms with Crippen LogP contribution in [0.3, 0.4) is 0 Å². The summed E-state index contributed by atoms with van der Waals surface area (Å²) in [6, 6.07) is 2.09. The fraction of sp³-hybridized carbons (Fsp3) is 0.636. The van der Waals surface area contributed by atoms with Crippen LogP contribution in [0.15, 0.2) is 18.5 Å². The summed E-state index contributed by atoms with van der Waals surface area (Å²) < 4.78 is 1.70. The topological polar surface area (TPSA) is 79.2 Å². The summed E-state index contributed by atoms with van der Waals surface area (Å²) in [5.74, 6) is 0.111. The van der Waals surface area contributed by atoms with Crippen molar-refractivity contribution in [3.63, 3.8) is 0 Å². The Morgan fingerprint density at radius 3 is 3.24 bits per heavy atom. The molecule has 1 aliphatic rings. The van der Waals surface area contributed by atoms with E-state index in [1.54, 1.807) is 10.9 Å². The summed E-state index contributed by atoms with van der Waals surface area (Å²) >= 11 is 0. The number of nitrogens with one attached hydrogen (secondary N) is 2. The van der Waals surface area contributed by atoms with E-state index in [9.17, 15) is 9.90 Å². The summed E-state index contributed by atoms with van der Waals surface area (Å²) in [6.45, 7) is 1.65. The molecule has 0 radical (unpaired) electrons. The van der Waals surface area contributed by atoms with Gasteiger partial charge in [0.05, 0.1) is 12.6 Å². The lowest BCUT2D eigenvalue weighted by Gasteiger charge is -2.24. The van der Waals surface area contributed by atoms with E-state index in [-0.39, 0.29) is 11.9 Å². The second-order valence-electron chi connectivity index (χ2n) is 4.33. The monoisotopic (exact) mass is 238 g/mol. The summed E-state index contributed by atoms with van der Waals surface area (Å²) in [4.78, 5) is 11.0. The molecule has 0 bridgehead atoms. The van der Waals surface area contributed by atoms with Gasteiger partial charge in [0.15, 0.2) is 0 Å². The average Bonchev–Trinajstić information content (AvgIpc) is 2.81. The van der Waals surface area contributed by atoms with E-state index in [2.05, 4.69) is 15.7 Å². The lowest BCUT2D eigenvalue weighted by atomic mass is 10.1. The Morgan fingerprint density at radius 1 is 1.71 bits per heavy atom. The highest BCUT2D eigenvalue weighted by molar-refractivity contribution is 5.76. The lowest BCUT2D eigenvalue weighted by Crippen LogP contribution is -2.48. The van der Waals surface area contributed by atoms with Crippen LogP contribution in [0.2, 0.25) is 0 Å². The molecule has 1 aliphatic heterocycles. The standard InChI is InChI=1S/C11H18N4O2/c16-10(8-15-5-1-4-14-15)7-12-9-2-3-11(17)13-6-9/h1,4-5,9-10,12,16H,2-3,6-8H2,(H,13,17). The maximum atomic E-state index is 11.0. The second-order valence-corrected chi connectivity index (χ2v) is 4.33. The maximum absolute atomic E-state index is 11.0. The SMILES string of the molecule is O=C1CCC(NCC(O)Cn2cccn2)CN1. The number of aliphatic hydroxyl groups excluding tert-OH is 1. The molecule has 1 saturated heterocycles. The van der Waals surface area contributed by atoms with Crippen LogP contribution >= 0.6 is 0 Å². The summed E-state index contributed by atoms with van der Waals surface area (Å²) in [5.41, 5.74) is 0. The first-order valence-electron chi connectivity index (χ1n) is 5.89. The molecular formula is C11H18N4O2. The van der Waals surface area contributed by atoms with Crippen molar-refractivity contribution in [3.8, 4) is 0 Å². The van der Waals surface area contributed by atoms with E-state index < -0.39 is 6.10 Å². The van der Waals surface area contributed by atoms with Gasteiger partial charge in [0.2, 0.25) is 5.91 Å². The number of rotatable bonds is 5. The third-order valence-electron chi connectivity index (χ3n) is 2.86. The molecule has 17 heavy (non-hydrogen) atoms. The molecule has 0 aromatic carbocycles. The molecule has 6 nitrogen and oxygen atoms in total. The fourth-order valence-corrected chi connectivity index (χ4v) is 1.90. The van der Waals surface area contributed by atoms with Crippen LogP contribution in [0, 0.1) is 0 Å². The van der Waals surface area contributed by atoms with Gasteiger partial charge in [-0.1, -0.05) is 0 Å². The number of piperidine rings is 1. The predicted octanol–water partition coefficient (Wildman–Crippen LogP) is -0.888. The Balaban J connectivity index is 1.66. The van der Waals surface area contributed by atoms with Gasteiger partial charge in [-0.3, -0.25) is 9.48 Å². The highest BCUT2D eigenvalue weighted by Gasteiger charge is 2.18. The van der Waals surface area contributed by atoms with Crippen molar-refractivity contribution < 1.29 is 9.90 Å². The number of hydrogen-bond acceptors (Lipinski definition) is 4. The molecule has 2 heterocycles. The minimum atomic E-state index is -0.465. The first-order chi connectivity index (χ1) is 8.24. The minimum absolute atomic E-state index is 0.111. The summed E-state index contributed by atoms with van der Waals surface area (Å²) in [6.07, 6.45) is 4.45. The number of hydrogen-bond donors (Lipinski definition) is 3. The van der Waals surface area contributed by atoms with Crippen molar-refractivity contribution in [1.82, 2.24) is 20.4 Å². The fourth-order valence-electron chi connectivity index (χ4n) is 1.90. The van der Waals surface area contributed by atoms with Crippen LogP contribution in [0.1, 0.15) is 12.8 Å². The van der Waals surface area contributed by atoms with E-state index >= 15 is 0 Å². The van der Waals surface area contributed by atoms with Gasteiger partial charge in [0.25, 0.3) is 0 Å². The number of nitrogens with zero attached hydrogens (tertiary/aromatic N) is 2. The van der Waals surface area contributed by atoms with E-state index in [0.717, 1.165) is 6.42 Å². The van der Waals surface area contributed by atoms with Crippen molar-refractivity contribution in [2.45, 2.75) is 31.5 Å². The first-order valence-corrected chi connectivity index (χ1v) is 5.89. The van der Waals surface area contributed by atoms with E-state index in [0.29, 0.717) is 26.1 Å². The van der Waals surface area contributed by atoms with Gasteiger partial charge >= 0.3 is 0 Å². The highest BCUT2D eigenvalue weighted by atomic mass is 16.3. The van der Waals surface area contributed by atoms with Crippen molar-refractivity contribution >= 4 is 5.91 Å². The van der Waals surface area contributed by atoms with Gasteiger partial charge in [-0.15, -0.1) is 0 Å². The smallest absolute Gasteiger partial charge is 0.220 e. The zero-order valence-corrected chi connectivity index (χ0v) is 9.67. The van der Waals surface area contributed by atoms with Crippen molar-refractivity contribution in [2.75, 3.05) is 13.1 Å². The van der Waals surface area contributed by atoms with Crippen LogP contribution in [0.4, 0.5) is 0 Å². The summed E-state index contributed by atoms with van der Waals surface area (Å²) in [5, 5.41) is 19.9. The Labute approximate surface area is 100 Å². The predicted molar refractivity (Wildman–Crippen MR) is 62.3 cm³/mol. The van der Waals surface area contributed by atoms with Crippen molar-refractivity contribution in [1.29, 1.82) is 0 Å². The number of carbonyl (C=O) groups is 1. The molecule has 2 rings (SSSR count). The number of amides is 1. The minimum Gasteiger partial charge on any atom is -0.390 e. The molecule has 0 saturated carbocycles. The van der Waals surface area contributed by atoms with E-state index in [1.165, 1.54) is 0 Å². The number of carbonyl (C=O) groups excluding carboxylic acids is 1.